The van der Waals surface area contributed by atoms with E-state index in [1.165, 1.54) is 0 Å². The van der Waals surface area contributed by atoms with Gasteiger partial charge in [-0.2, -0.15) is 0 Å². The average Bonchev–Trinajstić information content (AvgIpc) is 2.58. The molecule has 0 saturated carbocycles. The van der Waals surface area contributed by atoms with Crippen molar-refractivity contribution in [2.45, 2.75) is 33.8 Å². The van der Waals surface area contributed by atoms with Crippen molar-refractivity contribution in [2.24, 2.45) is 0 Å². The fourth-order valence-corrected chi connectivity index (χ4v) is 2.38. The van der Waals surface area contributed by atoms with Crippen LogP contribution in [-0.4, -0.2) is 30.1 Å². The number of amides is 1. The second kappa shape index (κ2) is 8.34. The lowest BCUT2D eigenvalue weighted by Gasteiger charge is -2.20. The fourth-order valence-electron chi connectivity index (χ4n) is 2.38. The largest absolute Gasteiger partial charge is 0.491 e. The number of hydrogen-bond donors (Lipinski definition) is 1. The number of ether oxygens (including phenoxy) is 1. The van der Waals surface area contributed by atoms with Crippen LogP contribution in [0.15, 0.2) is 42.6 Å². The molecule has 5 nitrogen and oxygen atoms in total. The van der Waals surface area contributed by atoms with Crippen molar-refractivity contribution in [3.8, 4) is 5.75 Å². The van der Waals surface area contributed by atoms with Crippen LogP contribution < -0.4 is 15.0 Å². The number of pyridine rings is 1. The van der Waals surface area contributed by atoms with Gasteiger partial charge in [0.25, 0.3) is 5.91 Å². The van der Waals surface area contributed by atoms with Crippen molar-refractivity contribution in [3.63, 3.8) is 0 Å². The molecule has 1 aromatic carbocycles. The van der Waals surface area contributed by atoms with E-state index < -0.39 is 0 Å². The molecular weight excluding hydrogens is 302 g/mol. The lowest BCUT2D eigenvalue weighted by atomic mass is 10.2. The Hall–Kier alpha value is -2.56. The molecule has 1 amide bonds. The summed E-state index contributed by atoms with van der Waals surface area (Å²) in [5, 5.41) is 2.84. The van der Waals surface area contributed by atoms with Gasteiger partial charge in [-0.15, -0.1) is 0 Å². The Kier molecular flexibility index (Phi) is 6.18. The molecule has 1 heterocycles. The third kappa shape index (κ3) is 4.72. The van der Waals surface area contributed by atoms with Crippen molar-refractivity contribution in [2.75, 3.05) is 23.3 Å². The zero-order valence-electron chi connectivity index (χ0n) is 14.7. The van der Waals surface area contributed by atoms with E-state index >= 15 is 0 Å². The van der Waals surface area contributed by atoms with E-state index in [2.05, 4.69) is 29.0 Å². The summed E-state index contributed by atoms with van der Waals surface area (Å²) in [4.78, 5) is 18.7. The first-order valence-corrected chi connectivity index (χ1v) is 8.32. The highest BCUT2D eigenvalue weighted by Crippen LogP contribution is 2.18. The van der Waals surface area contributed by atoms with Gasteiger partial charge < -0.3 is 15.0 Å². The minimum Gasteiger partial charge on any atom is -0.491 e. The Balaban J connectivity index is 2.01. The van der Waals surface area contributed by atoms with Gasteiger partial charge in [-0.25, -0.2) is 4.98 Å². The van der Waals surface area contributed by atoms with Crippen molar-refractivity contribution < 1.29 is 9.53 Å². The molecule has 5 heteroatoms. The molecule has 0 aliphatic rings. The Morgan fingerprint density at radius 1 is 1.12 bits per heavy atom. The lowest BCUT2D eigenvalue weighted by molar-refractivity contribution is 0.102. The average molecular weight is 327 g/mol. The van der Waals surface area contributed by atoms with Gasteiger partial charge in [-0.1, -0.05) is 0 Å². The first-order valence-electron chi connectivity index (χ1n) is 8.32. The predicted octanol–water partition coefficient (Wildman–Crippen LogP) is 3.97. The van der Waals surface area contributed by atoms with Crippen molar-refractivity contribution >= 4 is 17.3 Å². The van der Waals surface area contributed by atoms with Crippen LogP contribution in [-0.2, 0) is 0 Å². The summed E-state index contributed by atoms with van der Waals surface area (Å²) in [5.41, 5.74) is 2.13. The highest BCUT2D eigenvalue weighted by atomic mass is 16.5. The Morgan fingerprint density at radius 3 is 2.29 bits per heavy atom. The van der Waals surface area contributed by atoms with E-state index in [9.17, 15) is 4.79 Å². The monoisotopic (exact) mass is 327 g/mol. The first kappa shape index (κ1) is 17.8. The summed E-state index contributed by atoms with van der Waals surface area (Å²) in [6, 6.07) is 11.0. The number of carbonyl (C=O) groups excluding carboxylic acids is 1. The Bertz CT molecular complexity index is 647. The summed E-state index contributed by atoms with van der Waals surface area (Å²) in [5.74, 6) is 0.559. The number of hydrogen-bond acceptors (Lipinski definition) is 4. The summed E-state index contributed by atoms with van der Waals surface area (Å²) >= 11 is 0. The minimum atomic E-state index is -0.223. The van der Waals surface area contributed by atoms with E-state index in [4.69, 9.17) is 4.74 Å². The van der Waals surface area contributed by atoms with Crippen LogP contribution in [0.3, 0.4) is 0 Å². The molecule has 0 unspecified atom stereocenters. The molecule has 0 saturated heterocycles. The zero-order chi connectivity index (χ0) is 17.5. The molecule has 0 atom stereocenters. The maximum atomic E-state index is 12.3. The number of benzene rings is 1. The quantitative estimate of drug-likeness (QED) is 0.836. The van der Waals surface area contributed by atoms with Gasteiger partial charge in [0.1, 0.15) is 11.4 Å². The molecule has 0 aliphatic carbocycles. The maximum Gasteiger partial charge on any atom is 0.274 e. The van der Waals surface area contributed by atoms with E-state index in [0.717, 1.165) is 24.5 Å². The summed E-state index contributed by atoms with van der Waals surface area (Å²) in [6.45, 7) is 9.96. The second-order valence-corrected chi connectivity index (χ2v) is 5.72. The fraction of sp³-hybridized carbons (Fsp3) is 0.368. The third-order valence-electron chi connectivity index (χ3n) is 3.59. The van der Waals surface area contributed by atoms with Gasteiger partial charge in [-0.3, -0.25) is 4.79 Å². The van der Waals surface area contributed by atoms with Crippen LogP contribution in [0.25, 0.3) is 0 Å². The number of aromatic nitrogens is 1. The highest BCUT2D eigenvalue weighted by molar-refractivity contribution is 6.02. The summed E-state index contributed by atoms with van der Waals surface area (Å²) in [6.07, 6.45) is 1.86. The number of anilines is 2. The molecule has 0 bridgehead atoms. The Morgan fingerprint density at radius 2 is 1.79 bits per heavy atom. The normalized spacial score (nSPS) is 10.5. The van der Waals surface area contributed by atoms with Crippen LogP contribution in [0, 0.1) is 0 Å². The molecule has 1 N–H and O–H groups in total. The van der Waals surface area contributed by atoms with Gasteiger partial charge in [0.05, 0.1) is 18.0 Å². The molecule has 0 spiro atoms. The topological polar surface area (TPSA) is 54.5 Å². The van der Waals surface area contributed by atoms with Gasteiger partial charge >= 0.3 is 0 Å². The van der Waals surface area contributed by atoms with Crippen molar-refractivity contribution in [1.82, 2.24) is 4.98 Å². The van der Waals surface area contributed by atoms with E-state index in [0.29, 0.717) is 11.4 Å². The molecule has 128 valence electrons. The summed E-state index contributed by atoms with van der Waals surface area (Å²) < 4.78 is 5.59. The number of carbonyl (C=O) groups is 1. The Labute approximate surface area is 143 Å². The van der Waals surface area contributed by atoms with E-state index in [1.54, 1.807) is 12.3 Å². The van der Waals surface area contributed by atoms with Crippen LogP contribution in [0.4, 0.5) is 11.4 Å². The molecule has 0 radical (unpaired) electrons. The van der Waals surface area contributed by atoms with Gasteiger partial charge in [0, 0.05) is 18.8 Å². The zero-order valence-corrected chi connectivity index (χ0v) is 14.7. The maximum absolute atomic E-state index is 12.3. The highest BCUT2D eigenvalue weighted by Gasteiger charge is 2.09. The van der Waals surface area contributed by atoms with Gasteiger partial charge in [0.15, 0.2) is 0 Å². The molecular formula is C19H25N3O2. The van der Waals surface area contributed by atoms with Crippen LogP contribution >= 0.6 is 0 Å². The molecule has 2 aromatic rings. The molecule has 0 aliphatic heterocycles. The number of nitrogens with zero attached hydrogens (tertiary/aromatic N) is 2. The molecule has 24 heavy (non-hydrogen) atoms. The standard InChI is InChI=1S/C19H25N3O2/c1-5-22(6-2)16-9-12-18(20-13-16)19(23)21-15-7-10-17(11-8-15)24-14(3)4/h7-14H,5-6H2,1-4H3,(H,21,23). The SMILES string of the molecule is CCN(CC)c1ccc(C(=O)Nc2ccc(OC(C)C)cc2)nc1. The molecule has 2 rings (SSSR count). The van der Waals surface area contributed by atoms with Crippen molar-refractivity contribution in [3.05, 3.63) is 48.3 Å². The molecule has 1 aromatic heterocycles. The van der Waals surface area contributed by atoms with Gasteiger partial charge in [-0.05, 0) is 64.1 Å². The van der Waals surface area contributed by atoms with E-state index in [-0.39, 0.29) is 12.0 Å². The smallest absolute Gasteiger partial charge is 0.274 e. The number of nitrogens with one attached hydrogen (secondary N) is 1. The number of rotatable bonds is 7. The minimum absolute atomic E-state index is 0.124. The third-order valence-corrected chi connectivity index (χ3v) is 3.59. The van der Waals surface area contributed by atoms with Crippen LogP contribution in [0.5, 0.6) is 5.75 Å². The van der Waals surface area contributed by atoms with Crippen LogP contribution in [0.1, 0.15) is 38.2 Å². The van der Waals surface area contributed by atoms with Crippen LogP contribution in [0.2, 0.25) is 0 Å². The van der Waals surface area contributed by atoms with Crippen molar-refractivity contribution in [1.29, 1.82) is 0 Å². The molecule has 0 fully saturated rings. The van der Waals surface area contributed by atoms with Gasteiger partial charge in [0.2, 0.25) is 0 Å². The second-order valence-electron chi connectivity index (χ2n) is 5.72. The predicted molar refractivity (Wildman–Crippen MR) is 98.0 cm³/mol. The van der Waals surface area contributed by atoms with E-state index in [1.807, 2.05) is 44.2 Å². The lowest BCUT2D eigenvalue weighted by Crippen LogP contribution is -2.22. The summed E-state index contributed by atoms with van der Waals surface area (Å²) in [7, 11) is 0. The first-order chi connectivity index (χ1) is 11.5.